The first-order valence-electron chi connectivity index (χ1n) is 10.4. The largest absolute Gasteiger partial charge is 0.493 e. The van der Waals surface area contributed by atoms with Gasteiger partial charge in [-0.3, -0.25) is 9.59 Å². The van der Waals surface area contributed by atoms with E-state index in [1.165, 1.54) is 9.91 Å². The quantitative estimate of drug-likeness (QED) is 0.544. The Labute approximate surface area is 192 Å². The van der Waals surface area contributed by atoms with Crippen molar-refractivity contribution in [1.29, 1.82) is 0 Å². The van der Waals surface area contributed by atoms with E-state index in [4.69, 9.17) is 14.2 Å². The number of methoxy groups -OCH3 is 3. The highest BCUT2D eigenvalue weighted by molar-refractivity contribution is 7.12. The highest BCUT2D eigenvalue weighted by Gasteiger charge is 2.35. The Kier molecular flexibility index (Phi) is 8.24. The second kappa shape index (κ2) is 11.1. The van der Waals surface area contributed by atoms with E-state index < -0.39 is 0 Å². The number of thiophene rings is 1. The zero-order chi connectivity index (χ0) is 23.1. The number of rotatable bonds is 10. The van der Waals surface area contributed by atoms with Crippen molar-refractivity contribution in [2.24, 2.45) is 5.10 Å². The average Bonchev–Trinajstić information content (AvgIpc) is 3.50. The van der Waals surface area contributed by atoms with Crippen LogP contribution in [0, 0.1) is 0 Å². The average molecular weight is 460 g/mol. The van der Waals surface area contributed by atoms with Gasteiger partial charge in [-0.2, -0.15) is 5.10 Å². The van der Waals surface area contributed by atoms with Crippen LogP contribution in [0.3, 0.4) is 0 Å². The van der Waals surface area contributed by atoms with Crippen LogP contribution in [0.5, 0.6) is 11.5 Å². The minimum Gasteiger partial charge on any atom is -0.493 e. The summed E-state index contributed by atoms with van der Waals surface area (Å²) in [6, 6.07) is 9.26. The molecule has 3 rings (SSSR count). The van der Waals surface area contributed by atoms with Gasteiger partial charge >= 0.3 is 0 Å². The summed E-state index contributed by atoms with van der Waals surface area (Å²) in [4.78, 5) is 28.3. The highest BCUT2D eigenvalue weighted by atomic mass is 32.1. The number of amides is 2. The lowest BCUT2D eigenvalue weighted by Crippen LogP contribution is -2.42. The third-order valence-corrected chi connectivity index (χ3v) is 6.23. The second-order valence-corrected chi connectivity index (χ2v) is 8.21. The van der Waals surface area contributed by atoms with Gasteiger partial charge in [0.25, 0.3) is 5.91 Å². The van der Waals surface area contributed by atoms with E-state index in [1.54, 1.807) is 39.6 Å². The molecule has 172 valence electrons. The van der Waals surface area contributed by atoms with Gasteiger partial charge in [0.15, 0.2) is 11.5 Å². The van der Waals surface area contributed by atoms with Crippen molar-refractivity contribution in [3.63, 3.8) is 0 Å². The van der Waals surface area contributed by atoms with Crippen molar-refractivity contribution in [2.75, 3.05) is 41.0 Å². The summed E-state index contributed by atoms with van der Waals surface area (Å²) < 4.78 is 15.9. The van der Waals surface area contributed by atoms with Gasteiger partial charge in [0.05, 0.1) is 37.5 Å². The van der Waals surface area contributed by atoms with Crippen molar-refractivity contribution in [2.45, 2.75) is 25.8 Å². The standard InChI is InChI=1S/C23H29N3O5S/c1-5-22(27)25(10-11-29-2)15-23(28)26-18(14-17(24-26)21-7-6-12-32-21)16-8-9-19(30-3)20(13-16)31-4/h6-9,12-13,18H,5,10-11,14-15H2,1-4H3. The van der Waals surface area contributed by atoms with E-state index >= 15 is 0 Å². The molecule has 0 radical (unpaired) electrons. The molecule has 1 unspecified atom stereocenters. The predicted molar refractivity (Wildman–Crippen MR) is 123 cm³/mol. The van der Waals surface area contributed by atoms with Crippen LogP contribution in [0.25, 0.3) is 0 Å². The van der Waals surface area contributed by atoms with Gasteiger partial charge in [-0.15, -0.1) is 11.3 Å². The van der Waals surface area contributed by atoms with Crippen LogP contribution in [-0.4, -0.2) is 68.5 Å². The Balaban J connectivity index is 1.91. The van der Waals surface area contributed by atoms with Crippen LogP contribution in [-0.2, 0) is 14.3 Å². The minimum absolute atomic E-state index is 0.0545. The minimum atomic E-state index is -0.305. The van der Waals surface area contributed by atoms with Crippen LogP contribution in [0.4, 0.5) is 0 Å². The van der Waals surface area contributed by atoms with Gasteiger partial charge in [0.2, 0.25) is 5.91 Å². The molecule has 1 aromatic heterocycles. The van der Waals surface area contributed by atoms with Crippen LogP contribution in [0.1, 0.15) is 36.2 Å². The Hall–Kier alpha value is -2.91. The Morgan fingerprint density at radius 2 is 1.97 bits per heavy atom. The SMILES string of the molecule is CCC(=O)N(CCOC)CC(=O)N1N=C(c2cccs2)CC1c1ccc(OC)c(OC)c1. The number of carbonyl (C=O) groups excluding carboxylic acids is 2. The lowest BCUT2D eigenvalue weighted by atomic mass is 10.0. The molecule has 1 atom stereocenters. The van der Waals surface area contributed by atoms with E-state index in [0.717, 1.165) is 16.2 Å². The summed E-state index contributed by atoms with van der Waals surface area (Å²) in [5.41, 5.74) is 1.73. The molecule has 2 amide bonds. The number of nitrogens with zero attached hydrogens (tertiary/aromatic N) is 3. The molecule has 0 aliphatic carbocycles. The first kappa shape index (κ1) is 23.7. The fourth-order valence-electron chi connectivity index (χ4n) is 3.60. The molecule has 1 aliphatic rings. The van der Waals surface area contributed by atoms with Crippen molar-refractivity contribution in [3.8, 4) is 11.5 Å². The van der Waals surface area contributed by atoms with Gasteiger partial charge in [0.1, 0.15) is 6.54 Å². The smallest absolute Gasteiger partial charge is 0.262 e. The number of hydrogen-bond acceptors (Lipinski definition) is 7. The molecule has 0 fully saturated rings. The van der Waals surface area contributed by atoms with Gasteiger partial charge < -0.3 is 19.1 Å². The molecule has 9 heteroatoms. The van der Waals surface area contributed by atoms with Crippen molar-refractivity contribution in [1.82, 2.24) is 9.91 Å². The lowest BCUT2D eigenvalue weighted by molar-refractivity contribution is -0.141. The number of hydrogen-bond donors (Lipinski definition) is 0. The summed E-state index contributed by atoms with van der Waals surface area (Å²) in [7, 11) is 4.73. The van der Waals surface area contributed by atoms with Crippen LogP contribution in [0.15, 0.2) is 40.8 Å². The molecule has 0 N–H and O–H groups in total. The molecule has 2 heterocycles. The maximum absolute atomic E-state index is 13.3. The second-order valence-electron chi connectivity index (χ2n) is 7.26. The van der Waals surface area contributed by atoms with Crippen molar-refractivity contribution in [3.05, 3.63) is 46.2 Å². The molecule has 8 nitrogen and oxygen atoms in total. The van der Waals surface area contributed by atoms with Crippen LogP contribution >= 0.6 is 11.3 Å². The van der Waals surface area contributed by atoms with Gasteiger partial charge in [-0.05, 0) is 29.1 Å². The maximum atomic E-state index is 13.3. The fraction of sp³-hybridized carbons (Fsp3) is 0.435. The maximum Gasteiger partial charge on any atom is 0.262 e. The van der Waals surface area contributed by atoms with Crippen LogP contribution < -0.4 is 9.47 Å². The van der Waals surface area contributed by atoms with E-state index in [9.17, 15) is 9.59 Å². The number of ether oxygens (including phenoxy) is 3. The molecule has 0 saturated carbocycles. The first-order chi connectivity index (χ1) is 15.5. The summed E-state index contributed by atoms with van der Waals surface area (Å²) in [6.07, 6.45) is 0.890. The predicted octanol–water partition coefficient (Wildman–Crippen LogP) is 3.33. The summed E-state index contributed by atoms with van der Waals surface area (Å²) in [6.45, 7) is 2.44. The highest BCUT2D eigenvalue weighted by Crippen LogP contribution is 2.37. The fourth-order valence-corrected chi connectivity index (χ4v) is 4.33. The Morgan fingerprint density at radius 1 is 1.19 bits per heavy atom. The Morgan fingerprint density at radius 3 is 2.59 bits per heavy atom. The molecule has 2 aromatic rings. The molecular weight excluding hydrogens is 430 g/mol. The van der Waals surface area contributed by atoms with E-state index in [0.29, 0.717) is 37.5 Å². The van der Waals surface area contributed by atoms with Gasteiger partial charge in [-0.1, -0.05) is 19.1 Å². The summed E-state index contributed by atoms with van der Waals surface area (Å²) in [5, 5.41) is 8.16. The monoisotopic (exact) mass is 459 g/mol. The summed E-state index contributed by atoms with van der Waals surface area (Å²) >= 11 is 1.58. The number of carbonyl (C=O) groups is 2. The van der Waals surface area contributed by atoms with E-state index in [-0.39, 0.29) is 24.4 Å². The molecule has 0 spiro atoms. The Bertz CT molecular complexity index is 961. The van der Waals surface area contributed by atoms with E-state index in [1.807, 2.05) is 35.7 Å². The zero-order valence-electron chi connectivity index (χ0n) is 18.9. The molecule has 1 aromatic carbocycles. The normalized spacial score (nSPS) is 15.4. The first-order valence-corrected chi connectivity index (χ1v) is 11.3. The van der Waals surface area contributed by atoms with Gasteiger partial charge in [-0.25, -0.2) is 5.01 Å². The zero-order valence-corrected chi connectivity index (χ0v) is 19.7. The third-order valence-electron chi connectivity index (χ3n) is 5.31. The summed E-state index contributed by atoms with van der Waals surface area (Å²) in [5.74, 6) is 0.865. The van der Waals surface area contributed by atoms with Crippen molar-refractivity contribution >= 4 is 28.9 Å². The topological polar surface area (TPSA) is 80.7 Å². The van der Waals surface area contributed by atoms with Crippen molar-refractivity contribution < 1.29 is 23.8 Å². The molecular formula is C23H29N3O5S. The van der Waals surface area contributed by atoms with Crippen LogP contribution in [0.2, 0.25) is 0 Å². The lowest BCUT2D eigenvalue weighted by Gasteiger charge is -2.27. The molecule has 0 bridgehead atoms. The van der Waals surface area contributed by atoms with E-state index in [2.05, 4.69) is 5.10 Å². The molecule has 1 aliphatic heterocycles. The molecule has 0 saturated heterocycles. The van der Waals surface area contributed by atoms with Gasteiger partial charge in [0, 0.05) is 26.5 Å². The number of hydrazone groups is 1. The third kappa shape index (κ3) is 5.28. The molecule has 32 heavy (non-hydrogen) atoms. The number of benzene rings is 1.